The van der Waals surface area contributed by atoms with Crippen LogP contribution in [0.2, 0.25) is 0 Å². The molecule has 4 heterocycles. The number of nitrogens with one attached hydrogen (secondary N) is 1. The van der Waals surface area contributed by atoms with Crippen LogP contribution in [0, 0.1) is 5.41 Å². The summed E-state index contributed by atoms with van der Waals surface area (Å²) < 4.78 is 12.0. The number of benzene rings is 2. The van der Waals surface area contributed by atoms with E-state index in [1.165, 1.54) is 59.9 Å². The highest BCUT2D eigenvalue weighted by atomic mass is 32.1. The van der Waals surface area contributed by atoms with E-state index in [1.807, 2.05) is 11.3 Å². The van der Waals surface area contributed by atoms with Gasteiger partial charge >= 0.3 is 0 Å². The Morgan fingerprint density at radius 3 is 2.33 bits per heavy atom. The first-order chi connectivity index (χ1) is 17.6. The highest BCUT2D eigenvalue weighted by molar-refractivity contribution is 7.23. The lowest BCUT2D eigenvalue weighted by Gasteiger charge is -2.34. The zero-order valence-corrected chi connectivity index (χ0v) is 22.2. The van der Waals surface area contributed by atoms with Crippen molar-refractivity contribution in [1.29, 1.82) is 0 Å². The molecule has 1 saturated heterocycles. The summed E-state index contributed by atoms with van der Waals surface area (Å²) in [5, 5.41) is 1.44. The Morgan fingerprint density at radius 2 is 1.50 bits per heavy atom. The van der Waals surface area contributed by atoms with Crippen molar-refractivity contribution in [3.05, 3.63) is 82.7 Å². The van der Waals surface area contributed by atoms with Gasteiger partial charge in [-0.1, -0.05) is 50.2 Å². The van der Waals surface area contributed by atoms with Gasteiger partial charge in [0.2, 0.25) is 0 Å². The van der Waals surface area contributed by atoms with Crippen LogP contribution in [-0.4, -0.2) is 18.2 Å². The highest BCUT2D eigenvalue weighted by Gasteiger charge is 2.30. The number of rotatable bonds is 4. The van der Waals surface area contributed by atoms with Crippen LogP contribution in [0.25, 0.3) is 42.4 Å². The molecule has 0 radical (unpaired) electrons. The lowest BCUT2D eigenvalue weighted by Crippen LogP contribution is -2.33. The fraction of sp³-hybridized carbons (Fsp3) is 0.290. The fourth-order valence-electron chi connectivity index (χ4n) is 5.55. The van der Waals surface area contributed by atoms with Gasteiger partial charge in [0.05, 0.1) is 18.1 Å². The largest absolute Gasteiger partial charge is 0.354 e. The monoisotopic (exact) mass is 511 g/mol. The predicted molar refractivity (Wildman–Crippen MR) is 151 cm³/mol. The maximum absolute atomic E-state index is 6.01. The van der Waals surface area contributed by atoms with Gasteiger partial charge in [0.25, 0.3) is 0 Å². The number of aromatic amines is 1. The summed E-state index contributed by atoms with van der Waals surface area (Å²) in [7, 11) is 0. The van der Waals surface area contributed by atoms with Gasteiger partial charge in [0, 0.05) is 36.6 Å². The van der Waals surface area contributed by atoms with Gasteiger partial charge in [-0.15, -0.1) is 22.7 Å². The lowest BCUT2D eigenvalue weighted by molar-refractivity contribution is -0.224. The van der Waals surface area contributed by atoms with Crippen molar-refractivity contribution < 1.29 is 9.47 Å². The smallest absolute Gasteiger partial charge is 0.193 e. The summed E-state index contributed by atoms with van der Waals surface area (Å²) in [4.78, 5) is 8.82. The van der Waals surface area contributed by atoms with E-state index in [-0.39, 0.29) is 11.7 Å². The molecular formula is C31H29NO2S2. The molecule has 3 aromatic heterocycles. The molecule has 36 heavy (non-hydrogen) atoms. The van der Waals surface area contributed by atoms with E-state index in [0.717, 1.165) is 30.9 Å². The molecule has 2 aromatic carbocycles. The van der Waals surface area contributed by atoms with Crippen LogP contribution in [0.15, 0.2) is 66.7 Å². The Hall–Kier alpha value is -2.70. The molecule has 3 nitrogen and oxygen atoms in total. The second-order valence-corrected chi connectivity index (χ2v) is 12.9. The molecule has 182 valence electrons. The van der Waals surface area contributed by atoms with Gasteiger partial charge in [0.15, 0.2) is 6.29 Å². The normalized spacial score (nSPS) is 17.6. The van der Waals surface area contributed by atoms with Crippen molar-refractivity contribution in [2.75, 3.05) is 13.2 Å². The van der Waals surface area contributed by atoms with E-state index < -0.39 is 0 Å². The summed E-state index contributed by atoms with van der Waals surface area (Å²) in [5.41, 5.74) is 8.28. The minimum absolute atomic E-state index is 0.0851. The summed E-state index contributed by atoms with van der Waals surface area (Å²) >= 11 is 3.67. The number of ether oxygens (including phenoxy) is 2. The van der Waals surface area contributed by atoms with Gasteiger partial charge < -0.3 is 14.5 Å². The third-order valence-electron chi connectivity index (χ3n) is 7.32. The topological polar surface area (TPSA) is 34.2 Å². The van der Waals surface area contributed by atoms with Crippen molar-refractivity contribution in [3.8, 4) is 31.5 Å². The Labute approximate surface area is 219 Å². The quantitative estimate of drug-likeness (QED) is 0.261. The van der Waals surface area contributed by atoms with Gasteiger partial charge in [0.1, 0.15) is 0 Å². The van der Waals surface area contributed by atoms with E-state index >= 15 is 0 Å². The van der Waals surface area contributed by atoms with Crippen LogP contribution in [-0.2, 0) is 22.3 Å². The molecule has 0 unspecified atom stereocenters. The molecule has 1 aliphatic heterocycles. The summed E-state index contributed by atoms with van der Waals surface area (Å²) in [5.74, 6) is 0. The molecule has 1 aliphatic carbocycles. The number of aryl methyl sites for hydroxylation is 2. The molecule has 1 fully saturated rings. The average molecular weight is 512 g/mol. The van der Waals surface area contributed by atoms with E-state index in [0.29, 0.717) is 0 Å². The van der Waals surface area contributed by atoms with E-state index in [2.05, 4.69) is 85.6 Å². The average Bonchev–Trinajstić information content (AvgIpc) is 3.65. The van der Waals surface area contributed by atoms with Crippen molar-refractivity contribution >= 4 is 33.6 Å². The second-order valence-electron chi connectivity index (χ2n) is 10.7. The molecule has 1 N–H and O–H groups in total. The predicted octanol–water partition coefficient (Wildman–Crippen LogP) is 8.85. The second kappa shape index (κ2) is 8.70. The van der Waals surface area contributed by atoms with Crippen molar-refractivity contribution in [2.24, 2.45) is 5.41 Å². The molecule has 0 spiro atoms. The van der Waals surface area contributed by atoms with Crippen molar-refractivity contribution in [2.45, 2.75) is 39.4 Å². The summed E-state index contributed by atoms with van der Waals surface area (Å²) in [6.45, 7) is 5.82. The third kappa shape index (κ3) is 3.86. The van der Waals surface area contributed by atoms with Crippen molar-refractivity contribution in [1.82, 2.24) is 4.98 Å². The van der Waals surface area contributed by atoms with Gasteiger partial charge in [-0.2, -0.15) is 0 Å². The van der Waals surface area contributed by atoms with Crippen LogP contribution in [0.1, 0.15) is 42.6 Å². The fourth-order valence-corrected chi connectivity index (χ4v) is 7.71. The Bertz CT molecular complexity index is 1550. The van der Waals surface area contributed by atoms with Crippen LogP contribution in [0.3, 0.4) is 0 Å². The SMILES string of the molecule is CC1(C)COC(c2ccc(-c3ccc(-c4ccc5[nH]c(-c6ccccc6)c6c5c4CCC6)s3)s2)OC1. The van der Waals surface area contributed by atoms with E-state index in [1.54, 1.807) is 11.3 Å². The molecule has 2 aliphatic rings. The third-order valence-corrected chi connectivity index (χ3v) is 9.74. The molecule has 0 bridgehead atoms. The number of aromatic nitrogens is 1. The first-order valence-electron chi connectivity index (χ1n) is 12.7. The number of thiophene rings is 2. The first-order valence-corrected chi connectivity index (χ1v) is 14.3. The Balaban J connectivity index is 1.22. The number of hydrogen-bond acceptors (Lipinski definition) is 4. The molecule has 5 aromatic rings. The summed E-state index contributed by atoms with van der Waals surface area (Å²) in [6, 6.07) is 24.3. The molecule has 0 atom stereocenters. The maximum atomic E-state index is 6.01. The molecular weight excluding hydrogens is 482 g/mol. The Kier molecular flexibility index (Phi) is 5.44. The minimum atomic E-state index is -0.242. The van der Waals surface area contributed by atoms with Gasteiger partial charge in [-0.3, -0.25) is 0 Å². The van der Waals surface area contributed by atoms with Crippen LogP contribution in [0.4, 0.5) is 0 Å². The Morgan fingerprint density at radius 1 is 0.778 bits per heavy atom. The standard InChI is InChI=1S/C31H29NO2S2/c1-31(2)17-33-30(34-18-31)27-16-15-26(36-27)25-14-13-24(35-25)20-11-12-23-28-21(20)9-6-10-22(28)29(32-23)19-7-4-3-5-8-19/h3-5,7-8,11-16,30,32H,6,9-10,17-18H2,1-2H3. The van der Waals surface area contributed by atoms with Crippen LogP contribution in [0.5, 0.6) is 0 Å². The zero-order valence-electron chi connectivity index (χ0n) is 20.6. The number of hydrogen-bond donors (Lipinski definition) is 1. The first kappa shape index (κ1) is 22.5. The summed E-state index contributed by atoms with van der Waals surface area (Å²) in [6.07, 6.45) is 3.22. The molecule has 0 saturated carbocycles. The van der Waals surface area contributed by atoms with Crippen LogP contribution < -0.4 is 0 Å². The zero-order chi connectivity index (χ0) is 24.3. The van der Waals surface area contributed by atoms with Gasteiger partial charge in [-0.25, -0.2) is 0 Å². The highest BCUT2D eigenvalue weighted by Crippen LogP contribution is 2.45. The number of H-pyrrole nitrogens is 1. The van der Waals surface area contributed by atoms with Crippen molar-refractivity contribution in [3.63, 3.8) is 0 Å². The van der Waals surface area contributed by atoms with Crippen LogP contribution >= 0.6 is 22.7 Å². The molecule has 0 amide bonds. The molecule has 7 rings (SSSR count). The lowest BCUT2D eigenvalue weighted by atomic mass is 9.87. The van der Waals surface area contributed by atoms with E-state index in [4.69, 9.17) is 9.47 Å². The minimum Gasteiger partial charge on any atom is -0.354 e. The molecule has 5 heteroatoms. The van der Waals surface area contributed by atoms with Gasteiger partial charge in [-0.05, 0) is 71.8 Å². The van der Waals surface area contributed by atoms with E-state index in [9.17, 15) is 0 Å². The maximum Gasteiger partial charge on any atom is 0.193 e.